The molecule has 0 aliphatic carbocycles. The number of likely N-dealkylation sites (tertiary alicyclic amines) is 1. The molecule has 1 unspecified atom stereocenters. The molecule has 2 saturated heterocycles. The van der Waals surface area contributed by atoms with Gasteiger partial charge in [-0.25, -0.2) is 0 Å². The number of aryl methyl sites for hydroxylation is 1. The summed E-state index contributed by atoms with van der Waals surface area (Å²) in [6.45, 7) is 8.92. The van der Waals surface area contributed by atoms with Crippen LogP contribution in [0.2, 0.25) is 0 Å². The number of carbonyl (C=O) groups is 1. The van der Waals surface area contributed by atoms with Crippen LogP contribution in [0.25, 0.3) is 0 Å². The Balaban J connectivity index is 1.48. The first kappa shape index (κ1) is 17.4. The number of hydrogen-bond donors (Lipinski definition) is 0. The van der Waals surface area contributed by atoms with E-state index in [0.717, 1.165) is 24.0 Å². The fourth-order valence-electron chi connectivity index (χ4n) is 3.56. The molecule has 2 aliphatic heterocycles. The molecule has 2 fully saturated rings. The number of ether oxygens (including phenoxy) is 2. The van der Waals surface area contributed by atoms with Crippen LogP contribution in [0.4, 0.5) is 0 Å². The van der Waals surface area contributed by atoms with Gasteiger partial charge in [0.25, 0.3) is 0 Å². The minimum absolute atomic E-state index is 0.180. The summed E-state index contributed by atoms with van der Waals surface area (Å²) < 4.78 is 12.1. The topological polar surface area (TPSA) is 51.7 Å². The highest BCUT2D eigenvalue weighted by Crippen LogP contribution is 2.36. The average Bonchev–Trinajstić information content (AvgIpc) is 2.50. The van der Waals surface area contributed by atoms with E-state index in [9.17, 15) is 4.79 Å². The Kier molecular flexibility index (Phi) is 5.21. The van der Waals surface area contributed by atoms with Crippen LogP contribution in [0.15, 0.2) is 18.5 Å². The quantitative estimate of drug-likeness (QED) is 0.832. The number of hydrogen-bond acceptors (Lipinski definition) is 4. The van der Waals surface area contributed by atoms with Gasteiger partial charge < -0.3 is 14.4 Å². The number of nitrogens with zero attached hydrogens (tertiary/aromatic N) is 2. The molecule has 5 heteroatoms. The predicted octanol–water partition coefficient (Wildman–Crippen LogP) is 2.71. The smallest absolute Gasteiger partial charge is 0.223 e. The zero-order valence-corrected chi connectivity index (χ0v) is 15.0. The van der Waals surface area contributed by atoms with Gasteiger partial charge >= 0.3 is 0 Å². The van der Waals surface area contributed by atoms with Crippen LogP contribution >= 0.6 is 0 Å². The van der Waals surface area contributed by atoms with Crippen molar-refractivity contribution in [2.45, 2.75) is 58.3 Å². The molecule has 24 heavy (non-hydrogen) atoms. The molecule has 1 aromatic rings. The molecule has 0 radical (unpaired) electrons. The highest BCUT2D eigenvalue weighted by atomic mass is 16.5. The Bertz CT molecular complexity index is 582. The van der Waals surface area contributed by atoms with Crippen molar-refractivity contribution in [3.63, 3.8) is 0 Å². The molecule has 1 amide bonds. The van der Waals surface area contributed by atoms with Gasteiger partial charge in [-0.3, -0.25) is 9.78 Å². The number of aromatic nitrogens is 1. The van der Waals surface area contributed by atoms with Crippen LogP contribution in [-0.2, 0) is 20.9 Å². The van der Waals surface area contributed by atoms with E-state index in [-0.39, 0.29) is 17.6 Å². The largest absolute Gasteiger partial charge is 0.373 e. The van der Waals surface area contributed by atoms with Gasteiger partial charge in [-0.05, 0) is 30.4 Å². The molecule has 0 bridgehead atoms. The highest BCUT2D eigenvalue weighted by Gasteiger charge is 2.49. The number of rotatable bonds is 5. The minimum Gasteiger partial charge on any atom is -0.373 e. The summed E-state index contributed by atoms with van der Waals surface area (Å²) >= 11 is 0. The van der Waals surface area contributed by atoms with E-state index < -0.39 is 0 Å². The SMILES string of the molecule is Cc1cncc(COC2CCOC3(C2)CN(C(=O)CC(C)C)C3)c1. The van der Waals surface area contributed by atoms with E-state index in [1.54, 1.807) is 0 Å². The number of pyridine rings is 1. The molecule has 1 atom stereocenters. The molecule has 5 nitrogen and oxygen atoms in total. The second-order valence-corrected chi connectivity index (χ2v) is 7.68. The summed E-state index contributed by atoms with van der Waals surface area (Å²) in [4.78, 5) is 18.2. The van der Waals surface area contributed by atoms with Gasteiger partial charge in [-0.2, -0.15) is 0 Å². The molecule has 1 spiro atoms. The molecule has 132 valence electrons. The van der Waals surface area contributed by atoms with E-state index in [1.807, 2.05) is 24.2 Å². The maximum atomic E-state index is 12.1. The second-order valence-electron chi connectivity index (χ2n) is 7.68. The van der Waals surface area contributed by atoms with Gasteiger partial charge in [0.15, 0.2) is 0 Å². The summed E-state index contributed by atoms with van der Waals surface area (Å²) in [5, 5.41) is 0. The standard InChI is InChI=1S/C19H28N2O3/c1-14(2)6-18(22)21-12-19(13-21)8-17(4-5-24-19)23-11-16-7-15(3)9-20-10-16/h7,9-10,14,17H,4-6,8,11-13H2,1-3H3. The third kappa shape index (κ3) is 4.14. The lowest BCUT2D eigenvalue weighted by Gasteiger charge is -2.53. The van der Waals surface area contributed by atoms with Crippen molar-refractivity contribution in [2.24, 2.45) is 5.92 Å². The average molecular weight is 332 g/mol. The molecule has 0 aromatic carbocycles. The molecule has 0 N–H and O–H groups in total. The van der Waals surface area contributed by atoms with Crippen molar-refractivity contribution in [3.05, 3.63) is 29.6 Å². The molecule has 0 saturated carbocycles. The second kappa shape index (κ2) is 7.19. The summed E-state index contributed by atoms with van der Waals surface area (Å²) in [5.74, 6) is 0.647. The van der Waals surface area contributed by atoms with Crippen LogP contribution < -0.4 is 0 Å². The summed E-state index contributed by atoms with van der Waals surface area (Å²) in [7, 11) is 0. The third-order valence-corrected chi connectivity index (χ3v) is 4.76. The minimum atomic E-state index is -0.180. The normalized spacial score (nSPS) is 22.7. The zero-order valence-electron chi connectivity index (χ0n) is 15.0. The van der Waals surface area contributed by atoms with Crippen molar-refractivity contribution < 1.29 is 14.3 Å². The fraction of sp³-hybridized carbons (Fsp3) is 0.684. The molecule has 3 heterocycles. The van der Waals surface area contributed by atoms with Gasteiger partial charge in [-0.15, -0.1) is 0 Å². The van der Waals surface area contributed by atoms with Crippen molar-refractivity contribution in [1.29, 1.82) is 0 Å². The van der Waals surface area contributed by atoms with E-state index >= 15 is 0 Å². The third-order valence-electron chi connectivity index (χ3n) is 4.76. The highest BCUT2D eigenvalue weighted by molar-refractivity contribution is 5.77. The monoisotopic (exact) mass is 332 g/mol. The summed E-state index contributed by atoms with van der Waals surface area (Å²) in [5.41, 5.74) is 2.08. The van der Waals surface area contributed by atoms with Crippen LogP contribution in [0.3, 0.4) is 0 Å². The van der Waals surface area contributed by atoms with Crippen molar-refractivity contribution in [3.8, 4) is 0 Å². The van der Waals surface area contributed by atoms with Gasteiger partial charge in [-0.1, -0.05) is 19.9 Å². The van der Waals surface area contributed by atoms with Crippen LogP contribution in [0.1, 0.15) is 44.2 Å². The molecule has 3 rings (SSSR count). The lowest BCUT2D eigenvalue weighted by Crippen LogP contribution is -2.67. The Morgan fingerprint density at radius 1 is 1.46 bits per heavy atom. The van der Waals surface area contributed by atoms with Crippen LogP contribution in [-0.4, -0.2) is 47.2 Å². The summed E-state index contributed by atoms with van der Waals surface area (Å²) in [6.07, 6.45) is 6.32. The maximum Gasteiger partial charge on any atom is 0.223 e. The fourth-order valence-corrected chi connectivity index (χ4v) is 3.56. The Labute approximate surface area is 144 Å². The zero-order chi connectivity index (χ0) is 17.2. The first-order valence-corrected chi connectivity index (χ1v) is 8.90. The lowest BCUT2D eigenvalue weighted by atomic mass is 9.84. The van der Waals surface area contributed by atoms with E-state index in [1.165, 1.54) is 0 Å². The van der Waals surface area contributed by atoms with E-state index in [4.69, 9.17) is 9.47 Å². The Hall–Kier alpha value is -1.46. The molecule has 2 aliphatic rings. The Morgan fingerprint density at radius 3 is 2.96 bits per heavy atom. The van der Waals surface area contributed by atoms with Crippen LogP contribution in [0, 0.1) is 12.8 Å². The number of amides is 1. The molecular formula is C19H28N2O3. The van der Waals surface area contributed by atoms with Gasteiger partial charge in [0.1, 0.15) is 5.60 Å². The number of carbonyl (C=O) groups excluding carboxylic acids is 1. The van der Waals surface area contributed by atoms with Crippen molar-refractivity contribution in [2.75, 3.05) is 19.7 Å². The molecular weight excluding hydrogens is 304 g/mol. The van der Waals surface area contributed by atoms with Crippen molar-refractivity contribution in [1.82, 2.24) is 9.88 Å². The summed E-state index contributed by atoms with van der Waals surface area (Å²) in [6, 6.07) is 2.11. The maximum absolute atomic E-state index is 12.1. The first-order valence-electron chi connectivity index (χ1n) is 8.90. The first-order chi connectivity index (χ1) is 11.5. The van der Waals surface area contributed by atoms with Gasteiger partial charge in [0.2, 0.25) is 5.91 Å². The predicted molar refractivity (Wildman–Crippen MR) is 91.5 cm³/mol. The van der Waals surface area contributed by atoms with Crippen molar-refractivity contribution >= 4 is 5.91 Å². The lowest BCUT2D eigenvalue weighted by molar-refractivity contribution is -0.202. The van der Waals surface area contributed by atoms with Gasteiger partial charge in [0, 0.05) is 31.8 Å². The Morgan fingerprint density at radius 2 is 2.25 bits per heavy atom. The van der Waals surface area contributed by atoms with Crippen LogP contribution in [0.5, 0.6) is 0 Å². The molecule has 1 aromatic heterocycles. The van der Waals surface area contributed by atoms with E-state index in [0.29, 0.717) is 38.6 Å². The van der Waals surface area contributed by atoms with E-state index in [2.05, 4.69) is 24.9 Å². The van der Waals surface area contributed by atoms with Gasteiger partial charge in [0.05, 0.1) is 25.8 Å².